The van der Waals surface area contributed by atoms with Crippen LogP contribution in [0.1, 0.15) is 19.3 Å². The van der Waals surface area contributed by atoms with Crippen LogP contribution in [0.15, 0.2) is 0 Å². The second-order valence-corrected chi connectivity index (χ2v) is 2.75. The molecule has 0 saturated heterocycles. The van der Waals surface area contributed by atoms with Gasteiger partial charge in [0.2, 0.25) is 5.91 Å². The predicted octanol–water partition coefficient (Wildman–Crippen LogP) is -0.426. The zero-order valence-electron chi connectivity index (χ0n) is 8.01. The van der Waals surface area contributed by atoms with Crippen LogP contribution in [0.3, 0.4) is 0 Å². The van der Waals surface area contributed by atoms with E-state index in [2.05, 4.69) is 11.2 Å². The molecule has 0 unspecified atom stereocenters. The Morgan fingerprint density at radius 1 is 1.36 bits per heavy atom. The highest BCUT2D eigenvalue weighted by Gasteiger charge is 2.01. The van der Waals surface area contributed by atoms with Crippen molar-refractivity contribution in [3.63, 3.8) is 0 Å². The van der Waals surface area contributed by atoms with E-state index in [1.54, 1.807) is 0 Å². The number of hydrogen-bond donors (Lipinski definition) is 3. The molecule has 0 rings (SSSR count). The quantitative estimate of drug-likeness (QED) is 0.399. The minimum atomic E-state index is -0.830. The van der Waals surface area contributed by atoms with Crippen LogP contribution in [-0.4, -0.2) is 25.0 Å². The third-order valence-electron chi connectivity index (χ3n) is 1.47. The van der Waals surface area contributed by atoms with Crippen LogP contribution >= 0.6 is 0 Å². The van der Waals surface area contributed by atoms with E-state index in [9.17, 15) is 9.59 Å². The fraction of sp³-hybridized carbons (Fsp3) is 0.556. The maximum absolute atomic E-state index is 10.8. The molecule has 0 aromatic rings. The van der Waals surface area contributed by atoms with Crippen molar-refractivity contribution in [1.82, 2.24) is 10.6 Å². The van der Waals surface area contributed by atoms with E-state index in [4.69, 9.17) is 12.2 Å². The van der Waals surface area contributed by atoms with Gasteiger partial charge in [-0.25, -0.2) is 4.79 Å². The zero-order valence-corrected chi connectivity index (χ0v) is 8.01. The maximum atomic E-state index is 10.8. The van der Waals surface area contributed by atoms with Crippen molar-refractivity contribution in [1.29, 1.82) is 0 Å². The Kier molecular flexibility index (Phi) is 7.19. The number of nitrogens with one attached hydrogen (secondary N) is 2. The molecular weight excluding hydrogens is 182 g/mol. The lowest BCUT2D eigenvalue weighted by atomic mass is 10.2. The number of primary amides is 1. The number of rotatable bonds is 6. The van der Waals surface area contributed by atoms with E-state index in [-0.39, 0.29) is 6.54 Å². The number of urea groups is 1. The van der Waals surface area contributed by atoms with Gasteiger partial charge in [0, 0.05) is 6.42 Å². The van der Waals surface area contributed by atoms with Gasteiger partial charge in [0.15, 0.2) is 0 Å². The zero-order chi connectivity index (χ0) is 10.8. The van der Waals surface area contributed by atoms with Crippen molar-refractivity contribution in [3.8, 4) is 12.3 Å². The molecule has 0 bridgehead atoms. The van der Waals surface area contributed by atoms with Gasteiger partial charge in [-0.15, -0.1) is 12.3 Å². The van der Waals surface area contributed by atoms with Crippen molar-refractivity contribution in [2.75, 3.05) is 13.1 Å². The van der Waals surface area contributed by atoms with Gasteiger partial charge in [0.1, 0.15) is 0 Å². The summed E-state index contributed by atoms with van der Waals surface area (Å²) in [5, 5.41) is 4.81. The molecule has 78 valence electrons. The fourth-order valence-electron chi connectivity index (χ4n) is 0.861. The SMILES string of the molecule is C#CCCCCNCC(=O)NC(N)=O. The van der Waals surface area contributed by atoms with Gasteiger partial charge in [-0.2, -0.15) is 0 Å². The Morgan fingerprint density at radius 2 is 2.07 bits per heavy atom. The molecule has 0 aromatic heterocycles. The highest BCUT2D eigenvalue weighted by molar-refractivity contribution is 5.94. The number of amides is 3. The number of unbranched alkanes of at least 4 members (excludes halogenated alkanes) is 2. The first-order chi connectivity index (χ1) is 6.66. The molecular formula is C9H15N3O2. The van der Waals surface area contributed by atoms with Crippen molar-refractivity contribution < 1.29 is 9.59 Å². The van der Waals surface area contributed by atoms with Crippen molar-refractivity contribution in [2.24, 2.45) is 5.73 Å². The van der Waals surface area contributed by atoms with Crippen LogP contribution in [0.5, 0.6) is 0 Å². The maximum Gasteiger partial charge on any atom is 0.318 e. The first-order valence-electron chi connectivity index (χ1n) is 4.40. The summed E-state index contributed by atoms with van der Waals surface area (Å²) in [6, 6.07) is -0.830. The molecule has 5 nitrogen and oxygen atoms in total. The Labute approximate surface area is 83.4 Å². The summed E-state index contributed by atoms with van der Waals surface area (Å²) in [7, 11) is 0. The molecule has 0 aliphatic carbocycles. The van der Waals surface area contributed by atoms with Gasteiger partial charge in [-0.05, 0) is 19.4 Å². The molecule has 0 saturated carbocycles. The highest BCUT2D eigenvalue weighted by Crippen LogP contribution is 1.90. The normalized spacial score (nSPS) is 9.07. The molecule has 14 heavy (non-hydrogen) atoms. The van der Waals surface area contributed by atoms with Gasteiger partial charge >= 0.3 is 6.03 Å². The predicted molar refractivity (Wildman–Crippen MR) is 53.3 cm³/mol. The minimum Gasteiger partial charge on any atom is -0.351 e. The number of carbonyl (C=O) groups excluding carboxylic acids is 2. The summed E-state index contributed by atoms with van der Waals surface area (Å²) in [5.74, 6) is 2.10. The third-order valence-corrected chi connectivity index (χ3v) is 1.47. The summed E-state index contributed by atoms with van der Waals surface area (Å²) in [6.45, 7) is 0.798. The van der Waals surface area contributed by atoms with Crippen LogP contribution in [0.2, 0.25) is 0 Å². The van der Waals surface area contributed by atoms with Gasteiger partial charge in [0.05, 0.1) is 6.54 Å². The molecule has 0 fully saturated rings. The lowest BCUT2D eigenvalue weighted by Crippen LogP contribution is -2.40. The van der Waals surface area contributed by atoms with Crippen LogP contribution in [0.25, 0.3) is 0 Å². The van der Waals surface area contributed by atoms with Gasteiger partial charge in [-0.1, -0.05) is 0 Å². The van der Waals surface area contributed by atoms with Crippen LogP contribution in [0, 0.1) is 12.3 Å². The van der Waals surface area contributed by atoms with Crippen molar-refractivity contribution >= 4 is 11.9 Å². The van der Waals surface area contributed by atoms with E-state index in [1.165, 1.54) is 0 Å². The molecule has 0 heterocycles. The third kappa shape index (κ3) is 8.56. The first-order valence-corrected chi connectivity index (χ1v) is 4.40. The van der Waals surface area contributed by atoms with E-state index >= 15 is 0 Å². The Bertz CT molecular complexity index is 233. The molecule has 0 aliphatic rings. The average Bonchev–Trinajstić information content (AvgIpc) is 2.10. The lowest BCUT2D eigenvalue weighted by molar-refractivity contribution is -0.119. The van der Waals surface area contributed by atoms with Crippen molar-refractivity contribution in [3.05, 3.63) is 0 Å². The number of terminal acetylenes is 1. The Hall–Kier alpha value is -1.54. The minimum absolute atomic E-state index is 0.0962. The molecule has 0 radical (unpaired) electrons. The largest absolute Gasteiger partial charge is 0.351 e. The Balaban J connectivity index is 3.24. The van der Waals surface area contributed by atoms with E-state index < -0.39 is 11.9 Å². The smallest absolute Gasteiger partial charge is 0.318 e. The van der Waals surface area contributed by atoms with Crippen LogP contribution in [-0.2, 0) is 4.79 Å². The standard InChI is InChI=1S/C9H15N3O2/c1-2-3-4-5-6-11-7-8(13)12-9(10)14/h1,11H,3-7H2,(H3,10,12,13,14). The lowest BCUT2D eigenvalue weighted by Gasteiger charge is -2.02. The number of imide groups is 1. The van der Waals surface area contributed by atoms with Gasteiger partial charge in [0.25, 0.3) is 0 Å². The molecule has 3 amide bonds. The average molecular weight is 197 g/mol. The number of carbonyl (C=O) groups is 2. The summed E-state index contributed by atoms with van der Waals surface area (Å²) in [4.78, 5) is 21.1. The molecule has 0 spiro atoms. The highest BCUT2D eigenvalue weighted by atomic mass is 16.2. The number of nitrogens with two attached hydrogens (primary N) is 1. The number of hydrogen-bond acceptors (Lipinski definition) is 3. The molecule has 0 atom stereocenters. The van der Waals surface area contributed by atoms with Crippen LogP contribution < -0.4 is 16.4 Å². The molecule has 0 aliphatic heterocycles. The summed E-state index contributed by atoms with van der Waals surface area (Å²) >= 11 is 0. The van der Waals surface area contributed by atoms with Gasteiger partial charge < -0.3 is 11.1 Å². The summed E-state index contributed by atoms with van der Waals surface area (Å²) in [5.41, 5.74) is 4.74. The second-order valence-electron chi connectivity index (χ2n) is 2.75. The Morgan fingerprint density at radius 3 is 2.64 bits per heavy atom. The topological polar surface area (TPSA) is 84.2 Å². The second kappa shape index (κ2) is 8.08. The summed E-state index contributed by atoms with van der Waals surface area (Å²) in [6.07, 6.45) is 7.65. The van der Waals surface area contributed by atoms with Crippen molar-refractivity contribution in [2.45, 2.75) is 19.3 Å². The molecule has 5 heteroatoms. The summed E-state index contributed by atoms with van der Waals surface area (Å²) < 4.78 is 0. The van der Waals surface area contributed by atoms with E-state index in [0.29, 0.717) is 6.54 Å². The van der Waals surface area contributed by atoms with Gasteiger partial charge in [-0.3, -0.25) is 10.1 Å². The first kappa shape index (κ1) is 12.5. The molecule has 0 aromatic carbocycles. The van der Waals surface area contributed by atoms with E-state index in [1.807, 2.05) is 5.32 Å². The fourth-order valence-corrected chi connectivity index (χ4v) is 0.861. The molecule has 4 N–H and O–H groups in total. The van der Waals surface area contributed by atoms with E-state index in [0.717, 1.165) is 19.3 Å². The van der Waals surface area contributed by atoms with Crippen LogP contribution in [0.4, 0.5) is 4.79 Å². The monoisotopic (exact) mass is 197 g/mol.